The van der Waals surface area contributed by atoms with Crippen molar-refractivity contribution in [2.24, 2.45) is 5.92 Å². The van der Waals surface area contributed by atoms with Crippen LogP contribution in [0.4, 0.5) is 0 Å². The Morgan fingerprint density at radius 2 is 1.68 bits per heavy atom. The Kier molecular flexibility index (Phi) is 5.27. The van der Waals surface area contributed by atoms with Crippen LogP contribution in [0.5, 0.6) is 0 Å². The van der Waals surface area contributed by atoms with Crippen LogP contribution in [0.25, 0.3) is 0 Å². The smallest absolute Gasteiger partial charge is 0.306 e. The molecule has 1 aromatic carbocycles. The quantitative estimate of drug-likeness (QED) is 0.855. The molecule has 0 atom stereocenters. The van der Waals surface area contributed by atoms with Gasteiger partial charge in [0.05, 0.1) is 11.3 Å². The predicted molar refractivity (Wildman–Crippen MR) is 88.7 cm³/mol. The average molecular weight is 368 g/mol. The number of carbonyl (C=O) groups is 2. The number of hydrogen-bond donors (Lipinski definition) is 2. The summed E-state index contributed by atoms with van der Waals surface area (Å²) in [6.07, 6.45) is 2.75. The third-order valence-corrected chi connectivity index (χ3v) is 5.07. The molecule has 1 aliphatic rings. The molecule has 1 amide bonds. The minimum Gasteiger partial charge on any atom is -0.481 e. The molecule has 1 saturated carbocycles. The van der Waals surface area contributed by atoms with E-state index in [2.05, 4.69) is 21.2 Å². The largest absolute Gasteiger partial charge is 0.481 e. The third-order valence-electron chi connectivity index (χ3n) is 4.55. The molecule has 1 fully saturated rings. The van der Waals surface area contributed by atoms with E-state index in [0.29, 0.717) is 12.8 Å². The first-order valence-corrected chi connectivity index (χ1v) is 8.40. The lowest BCUT2D eigenvalue weighted by Gasteiger charge is -2.31. The maximum atomic E-state index is 12.6. The number of carboxylic acid groups (broad SMARTS) is 1. The van der Waals surface area contributed by atoms with Crippen LogP contribution in [-0.4, -0.2) is 23.0 Å². The van der Waals surface area contributed by atoms with Crippen molar-refractivity contribution < 1.29 is 14.7 Å². The zero-order chi connectivity index (χ0) is 16.3. The van der Waals surface area contributed by atoms with Crippen LogP contribution in [0.1, 0.15) is 45.1 Å². The van der Waals surface area contributed by atoms with Crippen molar-refractivity contribution >= 4 is 27.8 Å². The third kappa shape index (κ3) is 3.88. The Bertz CT molecular complexity index is 546. The summed E-state index contributed by atoms with van der Waals surface area (Å²) in [5, 5.41) is 12.1. The van der Waals surface area contributed by atoms with Gasteiger partial charge in [-0.3, -0.25) is 9.59 Å². The van der Waals surface area contributed by atoms with E-state index in [0.717, 1.165) is 22.9 Å². The van der Waals surface area contributed by atoms with Crippen LogP contribution in [0.2, 0.25) is 0 Å². The van der Waals surface area contributed by atoms with Crippen LogP contribution in [0.3, 0.4) is 0 Å². The van der Waals surface area contributed by atoms with E-state index < -0.39 is 11.4 Å². The highest BCUT2D eigenvalue weighted by atomic mass is 79.9. The van der Waals surface area contributed by atoms with E-state index >= 15 is 0 Å². The fourth-order valence-electron chi connectivity index (χ4n) is 2.85. The fraction of sp³-hybridized carbons (Fsp3) is 0.529. The van der Waals surface area contributed by atoms with Crippen molar-refractivity contribution in [3.63, 3.8) is 0 Å². The van der Waals surface area contributed by atoms with Gasteiger partial charge < -0.3 is 10.4 Å². The Morgan fingerprint density at radius 3 is 2.18 bits per heavy atom. The molecule has 0 aliphatic heterocycles. The SMILES string of the molecule is CC(C)(C(=O)NC1CCC(C(=O)O)CC1)c1ccc(Br)cc1. The fourth-order valence-corrected chi connectivity index (χ4v) is 3.11. The highest BCUT2D eigenvalue weighted by Crippen LogP contribution is 2.28. The number of carboxylic acids is 1. The van der Waals surface area contributed by atoms with Gasteiger partial charge in [0.15, 0.2) is 0 Å². The summed E-state index contributed by atoms with van der Waals surface area (Å²) < 4.78 is 0.986. The molecule has 1 aromatic rings. The summed E-state index contributed by atoms with van der Waals surface area (Å²) in [6.45, 7) is 3.82. The van der Waals surface area contributed by atoms with Gasteiger partial charge in [0.2, 0.25) is 5.91 Å². The van der Waals surface area contributed by atoms with Gasteiger partial charge >= 0.3 is 5.97 Å². The normalized spacial score (nSPS) is 22.1. The first-order valence-electron chi connectivity index (χ1n) is 7.60. The molecule has 0 bridgehead atoms. The predicted octanol–water partition coefficient (Wildman–Crippen LogP) is 3.49. The Morgan fingerprint density at radius 1 is 1.14 bits per heavy atom. The molecule has 0 heterocycles. The van der Waals surface area contributed by atoms with Crippen molar-refractivity contribution in [1.29, 1.82) is 0 Å². The highest BCUT2D eigenvalue weighted by Gasteiger charge is 2.33. The summed E-state index contributed by atoms with van der Waals surface area (Å²) in [5.74, 6) is -0.985. The van der Waals surface area contributed by atoms with Crippen molar-refractivity contribution in [2.45, 2.75) is 51.0 Å². The zero-order valence-electron chi connectivity index (χ0n) is 12.9. The summed E-state index contributed by atoms with van der Waals surface area (Å²) in [5.41, 5.74) is 0.358. The van der Waals surface area contributed by atoms with Gasteiger partial charge in [0, 0.05) is 10.5 Å². The molecular formula is C17H22BrNO3. The van der Waals surface area contributed by atoms with Crippen LogP contribution >= 0.6 is 15.9 Å². The maximum absolute atomic E-state index is 12.6. The van der Waals surface area contributed by atoms with E-state index in [1.807, 2.05) is 38.1 Å². The Labute approximate surface area is 139 Å². The monoisotopic (exact) mass is 367 g/mol. The lowest BCUT2D eigenvalue weighted by atomic mass is 9.82. The average Bonchev–Trinajstić information content (AvgIpc) is 2.48. The van der Waals surface area contributed by atoms with Crippen molar-refractivity contribution in [3.8, 4) is 0 Å². The maximum Gasteiger partial charge on any atom is 0.306 e. The lowest BCUT2D eigenvalue weighted by molar-refractivity contribution is -0.142. The molecule has 1 aliphatic carbocycles. The van der Waals surface area contributed by atoms with Gasteiger partial charge in [-0.05, 0) is 57.2 Å². The number of rotatable bonds is 4. The molecule has 0 radical (unpaired) electrons. The molecular weight excluding hydrogens is 346 g/mol. The van der Waals surface area contributed by atoms with E-state index in [9.17, 15) is 9.59 Å². The number of carbonyl (C=O) groups excluding carboxylic acids is 1. The topological polar surface area (TPSA) is 66.4 Å². The van der Waals surface area contributed by atoms with Crippen molar-refractivity contribution in [1.82, 2.24) is 5.32 Å². The first-order chi connectivity index (χ1) is 10.3. The number of halogens is 1. The summed E-state index contributed by atoms with van der Waals surface area (Å²) in [6, 6.07) is 7.85. The second-order valence-electron chi connectivity index (χ2n) is 6.49. The number of aliphatic carboxylic acids is 1. The van der Waals surface area contributed by atoms with Gasteiger partial charge in [-0.25, -0.2) is 0 Å². The first kappa shape index (κ1) is 17.0. The van der Waals surface area contributed by atoms with Crippen molar-refractivity contribution in [3.05, 3.63) is 34.3 Å². The minimum atomic E-state index is -0.722. The second kappa shape index (κ2) is 6.82. The van der Waals surface area contributed by atoms with E-state index in [1.165, 1.54) is 0 Å². The van der Waals surface area contributed by atoms with Crippen LogP contribution in [0.15, 0.2) is 28.7 Å². The highest BCUT2D eigenvalue weighted by molar-refractivity contribution is 9.10. The van der Waals surface area contributed by atoms with Gasteiger partial charge in [-0.2, -0.15) is 0 Å². The summed E-state index contributed by atoms with van der Waals surface area (Å²) >= 11 is 3.40. The Balaban J connectivity index is 1.97. The summed E-state index contributed by atoms with van der Waals surface area (Å²) in [7, 11) is 0. The molecule has 2 N–H and O–H groups in total. The summed E-state index contributed by atoms with van der Waals surface area (Å²) in [4.78, 5) is 23.6. The minimum absolute atomic E-state index is 0.00593. The lowest BCUT2D eigenvalue weighted by Crippen LogP contribution is -2.46. The van der Waals surface area contributed by atoms with E-state index in [1.54, 1.807) is 0 Å². The van der Waals surface area contributed by atoms with Crippen LogP contribution in [0, 0.1) is 5.92 Å². The van der Waals surface area contributed by atoms with Gasteiger partial charge in [0.1, 0.15) is 0 Å². The number of benzene rings is 1. The van der Waals surface area contributed by atoms with Crippen molar-refractivity contribution in [2.75, 3.05) is 0 Å². The second-order valence-corrected chi connectivity index (χ2v) is 7.41. The van der Waals surface area contributed by atoms with Crippen LogP contribution in [-0.2, 0) is 15.0 Å². The van der Waals surface area contributed by atoms with E-state index in [4.69, 9.17) is 5.11 Å². The van der Waals surface area contributed by atoms with Crippen LogP contribution < -0.4 is 5.32 Å². The molecule has 0 saturated heterocycles. The van der Waals surface area contributed by atoms with Gasteiger partial charge in [0.25, 0.3) is 0 Å². The standard InChI is InChI=1S/C17H22BrNO3/c1-17(2,12-5-7-13(18)8-6-12)16(22)19-14-9-3-11(4-10-14)15(20)21/h5-8,11,14H,3-4,9-10H2,1-2H3,(H,19,22)(H,20,21). The molecule has 5 heteroatoms. The molecule has 0 unspecified atom stereocenters. The zero-order valence-corrected chi connectivity index (χ0v) is 14.5. The molecule has 2 rings (SSSR count). The molecule has 120 valence electrons. The number of hydrogen-bond acceptors (Lipinski definition) is 2. The Hall–Kier alpha value is -1.36. The molecule has 0 aromatic heterocycles. The molecule has 0 spiro atoms. The number of amides is 1. The van der Waals surface area contributed by atoms with Gasteiger partial charge in [-0.15, -0.1) is 0 Å². The van der Waals surface area contributed by atoms with E-state index in [-0.39, 0.29) is 17.9 Å². The number of nitrogens with one attached hydrogen (secondary N) is 1. The molecule has 22 heavy (non-hydrogen) atoms. The van der Waals surface area contributed by atoms with Gasteiger partial charge in [-0.1, -0.05) is 28.1 Å². The molecule has 4 nitrogen and oxygen atoms in total.